The van der Waals surface area contributed by atoms with Crippen molar-refractivity contribution < 1.29 is 23.1 Å². The van der Waals surface area contributed by atoms with Crippen molar-refractivity contribution in [3.8, 4) is 5.75 Å². The van der Waals surface area contributed by atoms with Crippen LogP contribution in [-0.2, 0) is 21.4 Å². The molecule has 3 rings (SSSR count). The minimum absolute atomic E-state index is 0.0168. The van der Waals surface area contributed by atoms with Crippen LogP contribution in [0, 0.1) is 5.41 Å². The average Bonchev–Trinajstić information content (AvgIpc) is 2.96. The lowest BCUT2D eigenvalue weighted by molar-refractivity contribution is -0.108. The number of nitrogens with zero attached hydrogens (tertiary/aromatic N) is 1. The van der Waals surface area contributed by atoms with Gasteiger partial charge in [-0.3, -0.25) is 9.10 Å². The standard InChI is InChI=1S/C20H22N2O5S/c1-20(2,19(25)15-6-4-3-5-7-15)11-14-8-9-17(18(24)10-14)22-12-16(13-23)21-28(22,26)27/h3-10,13,16,21,24H,11-12H2,1-2H3. The van der Waals surface area contributed by atoms with Gasteiger partial charge in [0.2, 0.25) is 0 Å². The second kappa shape index (κ2) is 7.37. The monoisotopic (exact) mass is 402 g/mol. The lowest BCUT2D eigenvalue weighted by Gasteiger charge is -2.24. The molecule has 1 unspecified atom stereocenters. The molecular formula is C20H22N2O5S. The van der Waals surface area contributed by atoms with Gasteiger partial charge in [-0.15, -0.1) is 0 Å². The predicted octanol–water partition coefficient (Wildman–Crippen LogP) is 2.07. The third-order valence-corrected chi connectivity index (χ3v) is 6.25. The molecule has 0 aromatic heterocycles. The van der Waals surface area contributed by atoms with E-state index in [4.69, 9.17) is 0 Å². The molecule has 0 bridgehead atoms. The molecule has 1 fully saturated rings. The van der Waals surface area contributed by atoms with Gasteiger partial charge in [0.1, 0.15) is 12.0 Å². The third-order valence-electron chi connectivity index (χ3n) is 4.72. The van der Waals surface area contributed by atoms with Gasteiger partial charge in [0.25, 0.3) is 0 Å². The highest BCUT2D eigenvalue weighted by atomic mass is 32.2. The Bertz CT molecular complexity index is 1000. The first-order valence-electron chi connectivity index (χ1n) is 8.81. The number of aldehydes is 1. The number of carbonyl (C=O) groups excluding carboxylic acids is 2. The third kappa shape index (κ3) is 3.93. The Morgan fingerprint density at radius 3 is 2.50 bits per heavy atom. The van der Waals surface area contributed by atoms with Crippen molar-refractivity contribution >= 4 is 28.0 Å². The van der Waals surface area contributed by atoms with E-state index in [-0.39, 0.29) is 23.8 Å². The van der Waals surface area contributed by atoms with Crippen molar-refractivity contribution in [1.82, 2.24) is 4.72 Å². The largest absolute Gasteiger partial charge is 0.506 e. The number of phenols is 1. The molecule has 0 amide bonds. The molecule has 1 aliphatic rings. The maximum atomic E-state index is 12.8. The fourth-order valence-corrected chi connectivity index (χ4v) is 4.74. The topological polar surface area (TPSA) is 104 Å². The van der Waals surface area contributed by atoms with Crippen LogP contribution in [0.3, 0.4) is 0 Å². The summed E-state index contributed by atoms with van der Waals surface area (Å²) in [4.78, 5) is 23.7. The highest BCUT2D eigenvalue weighted by Crippen LogP contribution is 2.34. The van der Waals surface area contributed by atoms with E-state index in [1.54, 1.807) is 30.3 Å². The molecule has 1 atom stereocenters. The zero-order valence-corrected chi connectivity index (χ0v) is 16.4. The molecule has 1 heterocycles. The Morgan fingerprint density at radius 2 is 1.93 bits per heavy atom. The molecule has 0 spiro atoms. The van der Waals surface area contributed by atoms with Crippen molar-refractivity contribution in [1.29, 1.82) is 0 Å². The maximum Gasteiger partial charge on any atom is 0.302 e. The number of Topliss-reactive ketones (excluding diaryl/α,β-unsaturated/α-hetero) is 1. The average molecular weight is 402 g/mol. The van der Waals surface area contributed by atoms with E-state index in [1.165, 1.54) is 12.1 Å². The Morgan fingerprint density at radius 1 is 1.25 bits per heavy atom. The molecule has 28 heavy (non-hydrogen) atoms. The minimum atomic E-state index is -3.88. The number of ketones is 1. The van der Waals surface area contributed by atoms with Crippen LogP contribution < -0.4 is 9.03 Å². The molecule has 7 nitrogen and oxygen atoms in total. The first-order chi connectivity index (χ1) is 13.1. The first kappa shape index (κ1) is 20.0. The summed E-state index contributed by atoms with van der Waals surface area (Å²) in [6, 6.07) is 12.8. The normalized spacial score (nSPS) is 18.8. The van der Waals surface area contributed by atoms with Gasteiger partial charge >= 0.3 is 10.2 Å². The molecule has 2 N–H and O–H groups in total. The van der Waals surface area contributed by atoms with Crippen LogP contribution in [0.4, 0.5) is 5.69 Å². The second-order valence-electron chi connectivity index (χ2n) is 7.48. The van der Waals surface area contributed by atoms with Crippen LogP contribution in [0.2, 0.25) is 0 Å². The summed E-state index contributed by atoms with van der Waals surface area (Å²) in [5, 5.41) is 10.4. The van der Waals surface area contributed by atoms with Crippen molar-refractivity contribution in [2.24, 2.45) is 5.41 Å². The Labute approximate surface area is 164 Å². The number of rotatable bonds is 6. The zero-order valence-electron chi connectivity index (χ0n) is 15.6. The van der Waals surface area contributed by atoms with Gasteiger partial charge in [-0.25, -0.2) is 0 Å². The van der Waals surface area contributed by atoms with Crippen molar-refractivity contribution in [3.63, 3.8) is 0 Å². The zero-order chi connectivity index (χ0) is 20.5. The highest BCUT2D eigenvalue weighted by molar-refractivity contribution is 7.91. The van der Waals surface area contributed by atoms with Gasteiger partial charge in [-0.2, -0.15) is 13.1 Å². The summed E-state index contributed by atoms with van der Waals surface area (Å²) in [5.41, 5.74) is 0.696. The molecule has 0 aliphatic carbocycles. The number of benzene rings is 2. The van der Waals surface area contributed by atoms with E-state index in [9.17, 15) is 23.1 Å². The van der Waals surface area contributed by atoms with Gasteiger partial charge in [-0.05, 0) is 24.1 Å². The summed E-state index contributed by atoms with van der Waals surface area (Å²) in [7, 11) is -3.88. The van der Waals surface area contributed by atoms with Crippen LogP contribution in [0.15, 0.2) is 48.5 Å². The van der Waals surface area contributed by atoms with E-state index < -0.39 is 21.7 Å². The van der Waals surface area contributed by atoms with E-state index in [2.05, 4.69) is 4.72 Å². The highest BCUT2D eigenvalue weighted by Gasteiger charge is 2.37. The molecular weight excluding hydrogens is 380 g/mol. The van der Waals surface area contributed by atoms with Crippen LogP contribution in [-0.4, -0.2) is 38.2 Å². The minimum Gasteiger partial charge on any atom is -0.506 e. The van der Waals surface area contributed by atoms with E-state index in [1.807, 2.05) is 19.9 Å². The smallest absolute Gasteiger partial charge is 0.302 e. The molecule has 2 aromatic rings. The fourth-order valence-electron chi connectivity index (χ4n) is 3.33. The van der Waals surface area contributed by atoms with Crippen LogP contribution in [0.5, 0.6) is 5.75 Å². The van der Waals surface area contributed by atoms with Crippen LogP contribution in [0.25, 0.3) is 0 Å². The van der Waals surface area contributed by atoms with Crippen LogP contribution >= 0.6 is 0 Å². The van der Waals surface area contributed by atoms with Gasteiger partial charge < -0.3 is 9.90 Å². The molecule has 0 saturated carbocycles. The number of nitrogens with one attached hydrogen (secondary N) is 1. The summed E-state index contributed by atoms with van der Waals surface area (Å²) < 4.78 is 27.5. The quantitative estimate of drug-likeness (QED) is 0.569. The molecule has 8 heteroatoms. The molecule has 1 saturated heterocycles. The van der Waals surface area contributed by atoms with Gasteiger partial charge in [0, 0.05) is 11.0 Å². The number of phenolic OH excluding ortho intramolecular Hbond substituents is 1. The predicted molar refractivity (Wildman–Crippen MR) is 106 cm³/mol. The number of anilines is 1. The Hall–Kier alpha value is -2.71. The number of carbonyl (C=O) groups is 2. The summed E-state index contributed by atoms with van der Waals surface area (Å²) in [6.45, 7) is 3.57. The van der Waals surface area contributed by atoms with Crippen molar-refractivity contribution in [2.45, 2.75) is 26.3 Å². The number of hydrogen-bond donors (Lipinski definition) is 2. The van der Waals surface area contributed by atoms with Crippen molar-refractivity contribution in [2.75, 3.05) is 10.8 Å². The van der Waals surface area contributed by atoms with E-state index >= 15 is 0 Å². The molecule has 148 valence electrons. The number of hydrogen-bond acceptors (Lipinski definition) is 5. The van der Waals surface area contributed by atoms with E-state index in [0.29, 0.717) is 23.8 Å². The number of aromatic hydroxyl groups is 1. The molecule has 2 aromatic carbocycles. The van der Waals surface area contributed by atoms with Crippen molar-refractivity contribution in [3.05, 3.63) is 59.7 Å². The molecule has 1 aliphatic heterocycles. The van der Waals surface area contributed by atoms with Gasteiger partial charge in [0.05, 0.1) is 18.3 Å². The lowest BCUT2D eigenvalue weighted by atomic mass is 9.79. The Kier molecular flexibility index (Phi) is 5.27. The summed E-state index contributed by atoms with van der Waals surface area (Å²) >= 11 is 0. The SMILES string of the molecule is CC(C)(Cc1ccc(N2CC(C=O)NS2(=O)=O)c(O)c1)C(=O)c1ccccc1. The van der Waals surface area contributed by atoms with E-state index in [0.717, 1.165) is 4.31 Å². The molecule has 0 radical (unpaired) electrons. The maximum absolute atomic E-state index is 12.8. The Balaban J connectivity index is 1.83. The summed E-state index contributed by atoms with van der Waals surface area (Å²) in [5.74, 6) is -0.241. The summed E-state index contributed by atoms with van der Waals surface area (Å²) in [6.07, 6.45) is 0.886. The van der Waals surface area contributed by atoms with Crippen LogP contribution in [0.1, 0.15) is 29.8 Å². The fraction of sp³-hybridized carbons (Fsp3) is 0.300. The first-order valence-corrected chi connectivity index (χ1v) is 10.2. The van der Waals surface area contributed by atoms with Gasteiger partial charge in [-0.1, -0.05) is 50.2 Å². The van der Waals surface area contributed by atoms with Gasteiger partial charge in [0.15, 0.2) is 5.78 Å². The second-order valence-corrected chi connectivity index (χ2v) is 9.10. The lowest BCUT2D eigenvalue weighted by Crippen LogP contribution is -2.30.